The minimum atomic E-state index is -0.281. The van der Waals surface area contributed by atoms with Crippen LogP contribution < -0.4 is 10.1 Å². The zero-order valence-corrected chi connectivity index (χ0v) is 24.0. The van der Waals surface area contributed by atoms with Crippen molar-refractivity contribution in [3.05, 3.63) is 145 Å². The number of aromatic nitrogens is 4. The Bertz CT molecular complexity index is 2000. The van der Waals surface area contributed by atoms with E-state index in [2.05, 4.69) is 41.7 Å². The second kappa shape index (κ2) is 12.4. The number of benzene rings is 5. The van der Waals surface area contributed by atoms with Crippen molar-refractivity contribution in [1.82, 2.24) is 19.5 Å². The number of rotatable bonds is 10. The monoisotopic (exact) mass is 577 g/mol. The highest BCUT2D eigenvalue weighted by atomic mass is 16.5. The van der Waals surface area contributed by atoms with E-state index in [1.54, 1.807) is 6.33 Å². The van der Waals surface area contributed by atoms with Crippen LogP contribution in [-0.4, -0.2) is 37.3 Å². The average molecular weight is 578 g/mol. The van der Waals surface area contributed by atoms with Gasteiger partial charge in [-0.05, 0) is 40.1 Å². The summed E-state index contributed by atoms with van der Waals surface area (Å²) in [6.07, 6.45) is 2.40. The van der Waals surface area contributed by atoms with Crippen molar-refractivity contribution in [1.29, 1.82) is 0 Å². The number of hydrogen-bond acceptors (Lipinski definition) is 6. The van der Waals surface area contributed by atoms with Gasteiger partial charge in [-0.25, -0.2) is 4.98 Å². The van der Waals surface area contributed by atoms with E-state index < -0.39 is 0 Å². The molecule has 0 spiro atoms. The van der Waals surface area contributed by atoms with Crippen molar-refractivity contribution < 1.29 is 9.84 Å². The number of aliphatic hydroxyl groups is 1. The van der Waals surface area contributed by atoms with Gasteiger partial charge >= 0.3 is 6.01 Å². The fourth-order valence-electron chi connectivity index (χ4n) is 5.45. The zero-order valence-electron chi connectivity index (χ0n) is 24.0. The molecule has 7 rings (SSSR count). The predicted molar refractivity (Wildman–Crippen MR) is 175 cm³/mol. The molecule has 44 heavy (non-hydrogen) atoms. The number of aliphatic hydroxyl groups excluding tert-OH is 1. The number of anilines is 1. The van der Waals surface area contributed by atoms with Gasteiger partial charge in [-0.2, -0.15) is 9.97 Å². The number of nitrogens with zero attached hydrogens (tertiary/aromatic N) is 4. The van der Waals surface area contributed by atoms with Crippen LogP contribution in [0, 0.1) is 0 Å². The lowest BCUT2D eigenvalue weighted by Crippen LogP contribution is -2.27. The van der Waals surface area contributed by atoms with Gasteiger partial charge in [0.1, 0.15) is 5.75 Å². The molecule has 7 aromatic rings. The van der Waals surface area contributed by atoms with E-state index >= 15 is 0 Å². The van der Waals surface area contributed by atoms with Crippen molar-refractivity contribution in [3.8, 4) is 22.9 Å². The van der Waals surface area contributed by atoms with E-state index in [4.69, 9.17) is 19.7 Å². The first-order chi connectivity index (χ1) is 21.7. The summed E-state index contributed by atoms with van der Waals surface area (Å²) in [5.41, 5.74) is 5.83. The van der Waals surface area contributed by atoms with Crippen LogP contribution in [0.4, 0.5) is 5.82 Å². The lowest BCUT2D eigenvalue weighted by atomic mass is 10.0. The minimum absolute atomic E-state index is 0.0750. The van der Waals surface area contributed by atoms with Gasteiger partial charge in [-0.3, -0.25) is 0 Å². The van der Waals surface area contributed by atoms with Gasteiger partial charge in [0.15, 0.2) is 17.0 Å². The fraction of sp³-hybridized carbons (Fsp3) is 0.108. The molecule has 0 aliphatic heterocycles. The van der Waals surface area contributed by atoms with E-state index in [1.165, 1.54) is 5.56 Å². The molecule has 0 radical (unpaired) electrons. The molecule has 5 aromatic carbocycles. The summed E-state index contributed by atoms with van der Waals surface area (Å²) >= 11 is 0. The molecule has 0 aliphatic carbocycles. The van der Waals surface area contributed by atoms with Crippen molar-refractivity contribution in [2.24, 2.45) is 0 Å². The van der Waals surface area contributed by atoms with Gasteiger partial charge in [0, 0.05) is 5.39 Å². The second-order valence-corrected chi connectivity index (χ2v) is 10.8. The van der Waals surface area contributed by atoms with Crippen LogP contribution in [0.5, 0.6) is 11.8 Å². The highest BCUT2D eigenvalue weighted by molar-refractivity contribution is 5.88. The highest BCUT2D eigenvalue weighted by Crippen LogP contribution is 2.31. The van der Waals surface area contributed by atoms with Crippen LogP contribution in [0.2, 0.25) is 0 Å². The van der Waals surface area contributed by atoms with Gasteiger partial charge < -0.3 is 19.7 Å². The maximum atomic E-state index is 10.3. The molecular formula is C37H31N5O2. The van der Waals surface area contributed by atoms with Gasteiger partial charge in [0.05, 0.1) is 25.5 Å². The van der Waals surface area contributed by atoms with Crippen LogP contribution in [0.25, 0.3) is 33.1 Å². The SMILES string of the molecule is OC[C@H](Cc1ccccc1)Nc1nc(Oc2cccc3ccccc23)nc2c1ncn2Cc1ccc(-c2ccccc2)cc1. The molecule has 2 aromatic heterocycles. The third-order valence-corrected chi connectivity index (χ3v) is 7.69. The van der Waals surface area contributed by atoms with E-state index in [9.17, 15) is 5.11 Å². The smallest absolute Gasteiger partial charge is 0.326 e. The number of hydrogen-bond donors (Lipinski definition) is 2. The van der Waals surface area contributed by atoms with Crippen LogP contribution in [0.3, 0.4) is 0 Å². The molecule has 0 saturated carbocycles. The average Bonchev–Trinajstić information content (AvgIpc) is 3.48. The molecule has 0 fully saturated rings. The Morgan fingerprint density at radius 2 is 1.41 bits per heavy atom. The largest absolute Gasteiger partial charge is 0.424 e. The highest BCUT2D eigenvalue weighted by Gasteiger charge is 2.19. The van der Waals surface area contributed by atoms with Crippen LogP contribution in [-0.2, 0) is 13.0 Å². The van der Waals surface area contributed by atoms with Gasteiger partial charge in [0.2, 0.25) is 0 Å². The van der Waals surface area contributed by atoms with Crippen molar-refractivity contribution in [3.63, 3.8) is 0 Å². The molecule has 216 valence electrons. The molecule has 0 bridgehead atoms. The van der Waals surface area contributed by atoms with Crippen molar-refractivity contribution >= 4 is 27.8 Å². The summed E-state index contributed by atoms with van der Waals surface area (Å²) in [4.78, 5) is 14.3. The molecule has 0 amide bonds. The first-order valence-electron chi connectivity index (χ1n) is 14.7. The Kier molecular flexibility index (Phi) is 7.68. The molecule has 2 N–H and O–H groups in total. The van der Waals surface area contributed by atoms with Gasteiger partial charge in [-0.15, -0.1) is 0 Å². The second-order valence-electron chi connectivity index (χ2n) is 10.8. The minimum Gasteiger partial charge on any atom is -0.424 e. The summed E-state index contributed by atoms with van der Waals surface area (Å²) in [6, 6.07) is 42.8. The Morgan fingerprint density at radius 1 is 0.705 bits per heavy atom. The molecule has 7 heteroatoms. The van der Waals surface area contributed by atoms with E-state index in [1.807, 2.05) is 95.6 Å². The third kappa shape index (κ3) is 5.86. The number of nitrogens with one attached hydrogen (secondary N) is 1. The topological polar surface area (TPSA) is 85.1 Å². The first kappa shape index (κ1) is 27.3. The Balaban J connectivity index is 1.24. The fourth-order valence-corrected chi connectivity index (χ4v) is 5.45. The molecule has 0 unspecified atom stereocenters. The Labute approximate surface area is 255 Å². The van der Waals surface area contributed by atoms with Crippen molar-refractivity contribution in [2.45, 2.75) is 19.0 Å². The van der Waals surface area contributed by atoms with Crippen molar-refractivity contribution in [2.75, 3.05) is 11.9 Å². The summed E-state index contributed by atoms with van der Waals surface area (Å²) in [5.74, 6) is 1.18. The number of imidazole rings is 1. The number of ether oxygens (including phenoxy) is 1. The third-order valence-electron chi connectivity index (χ3n) is 7.69. The lowest BCUT2D eigenvalue weighted by molar-refractivity contribution is 0.273. The zero-order chi connectivity index (χ0) is 29.7. The lowest BCUT2D eigenvalue weighted by Gasteiger charge is -2.18. The normalized spacial score (nSPS) is 11.9. The standard InChI is InChI=1S/C37H31N5O2/c43-24-31(22-26-10-3-1-4-11-26)39-35-34-36(41-37(40-35)44-33-17-9-15-30-14-7-8-16-32(30)33)42(25-38-34)23-27-18-20-29(21-19-27)28-12-5-2-6-13-28/h1-21,25,31,43H,22-24H2,(H,39,40,41)/t31-/m0/s1. The van der Waals surface area contributed by atoms with E-state index in [0.29, 0.717) is 35.7 Å². The van der Waals surface area contributed by atoms with E-state index in [-0.39, 0.29) is 18.7 Å². The molecule has 7 nitrogen and oxygen atoms in total. The van der Waals surface area contributed by atoms with Crippen LogP contribution >= 0.6 is 0 Å². The summed E-state index contributed by atoms with van der Waals surface area (Å²) < 4.78 is 8.35. The maximum Gasteiger partial charge on any atom is 0.326 e. The van der Waals surface area contributed by atoms with Gasteiger partial charge in [0.25, 0.3) is 0 Å². The molecule has 0 aliphatic rings. The maximum absolute atomic E-state index is 10.3. The summed E-state index contributed by atoms with van der Waals surface area (Å²) in [5, 5.41) is 15.8. The van der Waals surface area contributed by atoms with Crippen LogP contribution in [0.1, 0.15) is 11.1 Å². The van der Waals surface area contributed by atoms with Gasteiger partial charge in [-0.1, -0.05) is 121 Å². The summed E-state index contributed by atoms with van der Waals surface area (Å²) in [7, 11) is 0. The molecule has 2 heterocycles. The quantitative estimate of drug-likeness (QED) is 0.175. The molecular weight excluding hydrogens is 546 g/mol. The number of fused-ring (bicyclic) bond motifs is 2. The Morgan fingerprint density at radius 3 is 2.20 bits per heavy atom. The van der Waals surface area contributed by atoms with E-state index in [0.717, 1.165) is 27.5 Å². The molecule has 0 saturated heterocycles. The molecule has 1 atom stereocenters. The summed E-state index contributed by atoms with van der Waals surface area (Å²) in [6.45, 7) is 0.498. The Hall–Kier alpha value is -5.53. The van der Waals surface area contributed by atoms with Crippen LogP contribution in [0.15, 0.2) is 134 Å². The first-order valence-corrected chi connectivity index (χ1v) is 14.7. The predicted octanol–water partition coefficient (Wildman–Crippen LogP) is 7.50.